The van der Waals surface area contributed by atoms with Gasteiger partial charge in [0.2, 0.25) is 6.61 Å². The molecule has 0 fully saturated rings. The summed E-state index contributed by atoms with van der Waals surface area (Å²) in [5.74, 6) is 1.99. The average Bonchev–Trinajstić information content (AvgIpc) is 2.64. The average molecular weight is 160 g/mol. The lowest BCUT2D eigenvalue weighted by Gasteiger charge is -2.01. The van der Waals surface area contributed by atoms with Gasteiger partial charge in [-0.1, -0.05) is 0 Å². The van der Waals surface area contributed by atoms with Crippen LogP contribution in [0.5, 0.6) is 11.5 Å². The van der Waals surface area contributed by atoms with Crippen molar-refractivity contribution in [2.24, 2.45) is 0 Å². The van der Waals surface area contributed by atoms with Gasteiger partial charge in [-0.05, 0) is 12.1 Å². The van der Waals surface area contributed by atoms with Crippen molar-refractivity contribution in [2.75, 3.05) is 6.61 Å². The van der Waals surface area contributed by atoms with Gasteiger partial charge in [-0.3, -0.25) is 0 Å². The zero-order valence-corrected chi connectivity index (χ0v) is 6.59. The van der Waals surface area contributed by atoms with E-state index in [2.05, 4.69) is 18.7 Å². The first-order valence-corrected chi connectivity index (χ1v) is 4.12. The van der Waals surface area contributed by atoms with E-state index in [9.17, 15) is 0 Å². The van der Waals surface area contributed by atoms with E-state index in [4.69, 9.17) is 9.47 Å². The third-order valence-electron chi connectivity index (χ3n) is 2.32. The quantitative estimate of drug-likeness (QED) is 0.573. The molecule has 2 heteroatoms. The third-order valence-corrected chi connectivity index (χ3v) is 2.32. The van der Waals surface area contributed by atoms with E-state index in [0.29, 0.717) is 0 Å². The summed E-state index contributed by atoms with van der Waals surface area (Å²) >= 11 is 0. The minimum atomic E-state index is 0.784. The molecule has 0 atom stereocenters. The summed E-state index contributed by atoms with van der Waals surface area (Å²) in [6, 6.07) is 4.13. The molecular formula is C10H8O2. The van der Waals surface area contributed by atoms with Gasteiger partial charge in [0.05, 0.1) is 6.61 Å². The molecule has 0 spiro atoms. The Balaban J connectivity index is 2.18. The molecule has 0 aromatic heterocycles. The number of ether oxygens (including phenoxy) is 2. The largest absolute Gasteiger partial charge is 0.493 e. The lowest BCUT2D eigenvalue weighted by atomic mass is 10.1. The number of hydrogen-bond donors (Lipinski definition) is 0. The molecule has 1 aromatic rings. The maximum atomic E-state index is 5.44. The fraction of sp³-hybridized carbons (Fsp3) is 0.300. The highest BCUT2D eigenvalue weighted by atomic mass is 16.5. The standard InChI is InChI=1S/C10H8O2/c1-3-11-9-6-8-2-4-12-10(8)5-7(1)9/h5-6H,1-3H2. The molecule has 0 aliphatic carbocycles. The molecule has 12 heavy (non-hydrogen) atoms. The zero-order chi connectivity index (χ0) is 7.97. The van der Waals surface area contributed by atoms with E-state index in [1.807, 2.05) is 0 Å². The van der Waals surface area contributed by atoms with Crippen molar-refractivity contribution in [1.29, 1.82) is 0 Å². The minimum Gasteiger partial charge on any atom is -0.493 e. The van der Waals surface area contributed by atoms with Crippen LogP contribution >= 0.6 is 0 Å². The molecule has 0 saturated heterocycles. The van der Waals surface area contributed by atoms with E-state index in [-0.39, 0.29) is 0 Å². The summed E-state index contributed by atoms with van der Waals surface area (Å²) in [6.07, 6.45) is 1.79. The third kappa shape index (κ3) is 0.750. The highest BCUT2D eigenvalue weighted by Crippen LogP contribution is 2.36. The van der Waals surface area contributed by atoms with Crippen LogP contribution in [0, 0.1) is 6.61 Å². The molecule has 60 valence electrons. The van der Waals surface area contributed by atoms with Crippen molar-refractivity contribution in [3.63, 3.8) is 0 Å². The van der Waals surface area contributed by atoms with Crippen molar-refractivity contribution >= 4 is 0 Å². The van der Waals surface area contributed by atoms with Gasteiger partial charge in [0.1, 0.15) is 11.5 Å². The second kappa shape index (κ2) is 2.16. The van der Waals surface area contributed by atoms with Crippen LogP contribution in [0.4, 0.5) is 0 Å². The fourth-order valence-corrected chi connectivity index (χ4v) is 1.67. The summed E-state index contributed by atoms with van der Waals surface area (Å²) in [6.45, 7) is 3.65. The molecule has 0 saturated carbocycles. The van der Waals surface area contributed by atoms with Crippen LogP contribution in [0.3, 0.4) is 0 Å². The SMILES string of the molecule is [C]1Cc2cc3c(cc2O1)CCO3. The number of benzene rings is 1. The molecule has 2 radical (unpaired) electrons. The highest BCUT2D eigenvalue weighted by Gasteiger charge is 2.20. The first-order valence-electron chi connectivity index (χ1n) is 4.12. The van der Waals surface area contributed by atoms with Gasteiger partial charge >= 0.3 is 0 Å². The normalized spacial score (nSPS) is 18.0. The molecule has 2 nitrogen and oxygen atoms in total. The van der Waals surface area contributed by atoms with E-state index in [1.165, 1.54) is 11.1 Å². The van der Waals surface area contributed by atoms with E-state index in [1.54, 1.807) is 0 Å². The van der Waals surface area contributed by atoms with Crippen molar-refractivity contribution in [3.05, 3.63) is 29.9 Å². The van der Waals surface area contributed by atoms with Crippen molar-refractivity contribution in [1.82, 2.24) is 0 Å². The Bertz CT molecular complexity index is 271. The Kier molecular flexibility index (Phi) is 1.14. The Morgan fingerprint density at radius 3 is 3.08 bits per heavy atom. The van der Waals surface area contributed by atoms with Gasteiger partial charge < -0.3 is 9.47 Å². The molecule has 2 aliphatic heterocycles. The molecular weight excluding hydrogens is 152 g/mol. The summed E-state index contributed by atoms with van der Waals surface area (Å²) in [4.78, 5) is 0. The molecule has 0 unspecified atom stereocenters. The van der Waals surface area contributed by atoms with Crippen LogP contribution in [0.2, 0.25) is 0 Å². The van der Waals surface area contributed by atoms with Gasteiger partial charge in [0.25, 0.3) is 0 Å². The highest BCUT2D eigenvalue weighted by molar-refractivity contribution is 5.50. The van der Waals surface area contributed by atoms with Crippen LogP contribution in [-0.4, -0.2) is 6.61 Å². The fourth-order valence-electron chi connectivity index (χ4n) is 1.67. The molecule has 0 amide bonds. The van der Waals surface area contributed by atoms with Crippen LogP contribution in [-0.2, 0) is 12.8 Å². The predicted octanol–water partition coefficient (Wildman–Crippen LogP) is 1.60. The van der Waals surface area contributed by atoms with Gasteiger partial charge in [-0.25, -0.2) is 0 Å². The monoisotopic (exact) mass is 160 g/mol. The second-order valence-corrected chi connectivity index (χ2v) is 3.09. The Morgan fingerprint density at radius 2 is 2.08 bits per heavy atom. The molecule has 1 aromatic carbocycles. The maximum absolute atomic E-state index is 5.44. The van der Waals surface area contributed by atoms with Crippen LogP contribution in [0.1, 0.15) is 11.1 Å². The van der Waals surface area contributed by atoms with Crippen LogP contribution in [0.25, 0.3) is 0 Å². The smallest absolute Gasteiger partial charge is 0.201 e. The summed E-state index contributed by atoms with van der Waals surface area (Å²) in [5, 5.41) is 0. The number of fused-ring (bicyclic) bond motifs is 2. The summed E-state index contributed by atoms with van der Waals surface area (Å²) in [5.41, 5.74) is 2.45. The van der Waals surface area contributed by atoms with Gasteiger partial charge in [0.15, 0.2) is 0 Å². The summed E-state index contributed by atoms with van der Waals surface area (Å²) in [7, 11) is 0. The van der Waals surface area contributed by atoms with Crippen molar-refractivity contribution in [2.45, 2.75) is 12.8 Å². The van der Waals surface area contributed by atoms with Gasteiger partial charge in [-0.15, -0.1) is 0 Å². The predicted molar refractivity (Wildman–Crippen MR) is 43.2 cm³/mol. The maximum Gasteiger partial charge on any atom is 0.201 e. The van der Waals surface area contributed by atoms with E-state index in [0.717, 1.165) is 30.9 Å². The van der Waals surface area contributed by atoms with E-state index < -0.39 is 0 Å². The lowest BCUT2D eigenvalue weighted by molar-refractivity contribution is 0.356. The lowest BCUT2D eigenvalue weighted by Crippen LogP contribution is -1.86. The van der Waals surface area contributed by atoms with Gasteiger partial charge in [-0.2, -0.15) is 0 Å². The van der Waals surface area contributed by atoms with Crippen LogP contribution in [0.15, 0.2) is 12.1 Å². The topological polar surface area (TPSA) is 18.5 Å². The number of hydrogen-bond acceptors (Lipinski definition) is 2. The van der Waals surface area contributed by atoms with Crippen molar-refractivity contribution in [3.8, 4) is 11.5 Å². The first kappa shape index (κ1) is 6.35. The molecule has 0 bridgehead atoms. The molecule has 2 heterocycles. The Morgan fingerprint density at radius 1 is 1.17 bits per heavy atom. The number of rotatable bonds is 0. The Hall–Kier alpha value is -1.18. The molecule has 2 aliphatic rings. The summed E-state index contributed by atoms with van der Waals surface area (Å²) < 4.78 is 10.7. The Labute approximate surface area is 71.1 Å². The second-order valence-electron chi connectivity index (χ2n) is 3.09. The van der Waals surface area contributed by atoms with Gasteiger partial charge in [0, 0.05) is 24.0 Å². The molecule has 3 rings (SSSR count). The molecule has 0 N–H and O–H groups in total. The van der Waals surface area contributed by atoms with E-state index >= 15 is 0 Å². The first-order chi connectivity index (χ1) is 5.93. The van der Waals surface area contributed by atoms with Crippen molar-refractivity contribution < 1.29 is 9.47 Å². The minimum absolute atomic E-state index is 0.784. The zero-order valence-electron chi connectivity index (χ0n) is 6.59. The van der Waals surface area contributed by atoms with Crippen LogP contribution < -0.4 is 9.47 Å².